The van der Waals surface area contributed by atoms with Gasteiger partial charge in [-0.3, -0.25) is 9.59 Å². The quantitative estimate of drug-likeness (QED) is 0.705. The summed E-state index contributed by atoms with van der Waals surface area (Å²) in [6.07, 6.45) is 7.05. The number of hydrogen-bond acceptors (Lipinski definition) is 6. The molecule has 6 nitrogen and oxygen atoms in total. The standard InChI is InChI=1S/C25H31NO5/c1-15-21(25(28)31-16-9-5-4-6-10-16)22(23-18(26-15)12-8-13-19(23)27)17-11-7-14-20(29-2)24(17)30-3/h7,11,14,16,21-22,26H,1,4-6,8-10,12-13H2,2-3H3. The fraction of sp³-hybridized carbons (Fsp3) is 0.520. The Morgan fingerprint density at radius 2 is 1.84 bits per heavy atom. The first kappa shape index (κ1) is 21.5. The molecule has 3 aliphatic rings. The maximum Gasteiger partial charge on any atom is 0.316 e. The number of hydrogen-bond donors (Lipinski definition) is 1. The van der Waals surface area contributed by atoms with Crippen LogP contribution in [0.2, 0.25) is 0 Å². The second kappa shape index (κ2) is 9.16. The minimum absolute atomic E-state index is 0.0617. The number of ketones is 1. The summed E-state index contributed by atoms with van der Waals surface area (Å²) in [6.45, 7) is 4.17. The van der Waals surface area contributed by atoms with Gasteiger partial charge < -0.3 is 19.5 Å². The number of nitrogens with one attached hydrogen (secondary N) is 1. The highest BCUT2D eigenvalue weighted by atomic mass is 16.5. The molecule has 1 aromatic rings. The van der Waals surface area contributed by atoms with Crippen molar-refractivity contribution in [3.8, 4) is 11.5 Å². The molecule has 4 rings (SSSR count). The van der Waals surface area contributed by atoms with Gasteiger partial charge in [0.2, 0.25) is 0 Å². The van der Waals surface area contributed by atoms with Crippen molar-refractivity contribution in [1.29, 1.82) is 0 Å². The normalized spacial score (nSPS) is 24.3. The molecule has 0 radical (unpaired) electrons. The molecule has 6 heteroatoms. The molecule has 1 aromatic carbocycles. The molecule has 2 aliphatic carbocycles. The minimum Gasteiger partial charge on any atom is -0.493 e. The molecule has 2 unspecified atom stereocenters. The van der Waals surface area contributed by atoms with Crippen LogP contribution in [0.5, 0.6) is 11.5 Å². The van der Waals surface area contributed by atoms with E-state index in [1.807, 2.05) is 18.2 Å². The summed E-state index contributed by atoms with van der Waals surface area (Å²) in [6, 6.07) is 5.57. The smallest absolute Gasteiger partial charge is 0.316 e. The first-order valence-electron chi connectivity index (χ1n) is 11.2. The molecule has 1 heterocycles. The van der Waals surface area contributed by atoms with Crippen LogP contribution in [0.15, 0.2) is 41.7 Å². The summed E-state index contributed by atoms with van der Waals surface area (Å²) in [5, 5.41) is 3.27. The molecule has 2 atom stereocenters. The number of ether oxygens (including phenoxy) is 3. The lowest BCUT2D eigenvalue weighted by Crippen LogP contribution is -2.42. The summed E-state index contributed by atoms with van der Waals surface area (Å²) >= 11 is 0. The Morgan fingerprint density at radius 1 is 1.06 bits per heavy atom. The number of rotatable bonds is 5. The van der Waals surface area contributed by atoms with Gasteiger partial charge in [0.1, 0.15) is 12.0 Å². The SMILES string of the molecule is C=C1NC2=C(C(=O)CCC2)C(c2cccc(OC)c2OC)C1C(=O)OC1CCCCC1. The molecule has 31 heavy (non-hydrogen) atoms. The number of methoxy groups -OCH3 is 2. The fourth-order valence-corrected chi connectivity index (χ4v) is 5.18. The Bertz CT molecular complexity index is 912. The first-order chi connectivity index (χ1) is 15.0. The fourth-order valence-electron chi connectivity index (χ4n) is 5.18. The van der Waals surface area contributed by atoms with E-state index in [9.17, 15) is 9.59 Å². The predicted molar refractivity (Wildman–Crippen MR) is 117 cm³/mol. The molecule has 0 aromatic heterocycles. The second-order valence-corrected chi connectivity index (χ2v) is 8.55. The average Bonchev–Trinajstić information content (AvgIpc) is 2.78. The van der Waals surface area contributed by atoms with Crippen LogP contribution < -0.4 is 14.8 Å². The van der Waals surface area contributed by atoms with Gasteiger partial charge in [-0.05, 0) is 44.6 Å². The largest absolute Gasteiger partial charge is 0.493 e. The molecule has 1 saturated carbocycles. The van der Waals surface area contributed by atoms with E-state index >= 15 is 0 Å². The minimum atomic E-state index is -0.705. The molecule has 0 spiro atoms. The summed E-state index contributed by atoms with van der Waals surface area (Å²) < 4.78 is 17.1. The van der Waals surface area contributed by atoms with Gasteiger partial charge >= 0.3 is 5.97 Å². The van der Waals surface area contributed by atoms with Crippen molar-refractivity contribution in [2.45, 2.75) is 63.4 Å². The van der Waals surface area contributed by atoms with Crippen molar-refractivity contribution in [3.63, 3.8) is 0 Å². The van der Waals surface area contributed by atoms with Crippen LogP contribution in [-0.2, 0) is 14.3 Å². The Morgan fingerprint density at radius 3 is 2.55 bits per heavy atom. The van der Waals surface area contributed by atoms with Gasteiger partial charge in [0.05, 0.1) is 14.2 Å². The van der Waals surface area contributed by atoms with Crippen LogP contribution in [0.25, 0.3) is 0 Å². The third-order valence-corrected chi connectivity index (χ3v) is 6.64. The number of para-hydroxylation sites is 1. The van der Waals surface area contributed by atoms with Crippen LogP contribution in [0, 0.1) is 5.92 Å². The van der Waals surface area contributed by atoms with Crippen LogP contribution in [0.1, 0.15) is 62.8 Å². The summed E-state index contributed by atoms with van der Waals surface area (Å²) in [4.78, 5) is 26.5. The van der Waals surface area contributed by atoms with Crippen LogP contribution in [0.4, 0.5) is 0 Å². The Kier molecular flexibility index (Phi) is 6.35. The molecule has 1 fully saturated rings. The highest BCUT2D eigenvalue weighted by Crippen LogP contribution is 2.49. The van der Waals surface area contributed by atoms with E-state index in [1.54, 1.807) is 14.2 Å². The molecule has 166 valence electrons. The number of carbonyl (C=O) groups excluding carboxylic acids is 2. The van der Waals surface area contributed by atoms with E-state index in [0.717, 1.165) is 49.8 Å². The van der Waals surface area contributed by atoms with Gasteiger partial charge in [0, 0.05) is 34.9 Å². The molecular formula is C25H31NO5. The zero-order valence-electron chi connectivity index (χ0n) is 18.4. The van der Waals surface area contributed by atoms with Crippen molar-refractivity contribution < 1.29 is 23.8 Å². The van der Waals surface area contributed by atoms with Crippen LogP contribution in [0.3, 0.4) is 0 Å². The van der Waals surface area contributed by atoms with Gasteiger partial charge in [-0.25, -0.2) is 0 Å². The van der Waals surface area contributed by atoms with Gasteiger partial charge in [0.15, 0.2) is 17.3 Å². The lowest BCUT2D eigenvalue weighted by molar-refractivity contribution is -0.155. The third kappa shape index (κ3) is 4.08. The molecular weight excluding hydrogens is 394 g/mol. The second-order valence-electron chi connectivity index (χ2n) is 8.55. The van der Waals surface area contributed by atoms with Crippen molar-refractivity contribution >= 4 is 11.8 Å². The van der Waals surface area contributed by atoms with Crippen molar-refractivity contribution in [2.75, 3.05) is 14.2 Å². The molecule has 0 saturated heterocycles. The Labute approximate surface area is 183 Å². The number of allylic oxidation sites excluding steroid dienone is 2. The zero-order chi connectivity index (χ0) is 22.0. The Balaban J connectivity index is 1.80. The summed E-state index contributed by atoms with van der Waals surface area (Å²) in [5.41, 5.74) is 2.83. The number of esters is 1. The van der Waals surface area contributed by atoms with Crippen LogP contribution >= 0.6 is 0 Å². The van der Waals surface area contributed by atoms with Gasteiger partial charge in [-0.2, -0.15) is 0 Å². The molecule has 1 N–H and O–H groups in total. The third-order valence-electron chi connectivity index (χ3n) is 6.64. The van der Waals surface area contributed by atoms with E-state index in [0.29, 0.717) is 29.2 Å². The lowest BCUT2D eigenvalue weighted by atomic mass is 9.71. The van der Waals surface area contributed by atoms with Crippen molar-refractivity contribution in [3.05, 3.63) is 47.3 Å². The lowest BCUT2D eigenvalue weighted by Gasteiger charge is -2.39. The first-order valence-corrected chi connectivity index (χ1v) is 11.2. The number of carbonyl (C=O) groups is 2. The summed E-state index contributed by atoms with van der Waals surface area (Å²) in [5.74, 6) is -0.392. The number of benzene rings is 1. The monoisotopic (exact) mass is 425 g/mol. The highest BCUT2D eigenvalue weighted by Gasteiger charge is 2.45. The van der Waals surface area contributed by atoms with E-state index in [1.165, 1.54) is 6.42 Å². The van der Waals surface area contributed by atoms with E-state index in [-0.39, 0.29) is 17.9 Å². The maximum absolute atomic E-state index is 13.5. The molecule has 1 aliphatic heterocycles. The Hall–Kier alpha value is -2.76. The van der Waals surface area contributed by atoms with Crippen LogP contribution in [-0.4, -0.2) is 32.1 Å². The maximum atomic E-state index is 13.5. The average molecular weight is 426 g/mol. The van der Waals surface area contributed by atoms with Gasteiger partial charge in [0.25, 0.3) is 0 Å². The summed E-state index contributed by atoms with van der Waals surface area (Å²) in [7, 11) is 3.15. The topological polar surface area (TPSA) is 73.9 Å². The van der Waals surface area contributed by atoms with Gasteiger partial charge in [-0.15, -0.1) is 0 Å². The molecule has 0 bridgehead atoms. The zero-order valence-corrected chi connectivity index (χ0v) is 18.4. The molecule has 0 amide bonds. The van der Waals surface area contributed by atoms with E-state index in [2.05, 4.69) is 11.9 Å². The van der Waals surface area contributed by atoms with Gasteiger partial charge in [-0.1, -0.05) is 25.1 Å². The highest BCUT2D eigenvalue weighted by molar-refractivity contribution is 6.00. The van der Waals surface area contributed by atoms with Crippen molar-refractivity contribution in [2.24, 2.45) is 5.92 Å². The van der Waals surface area contributed by atoms with E-state index < -0.39 is 11.8 Å². The van der Waals surface area contributed by atoms with E-state index in [4.69, 9.17) is 14.2 Å². The number of Topliss-reactive ketones (excluding diaryl/α,β-unsaturated/α-hetero) is 1. The predicted octanol–water partition coefficient (Wildman–Crippen LogP) is 4.40. The van der Waals surface area contributed by atoms with Crippen molar-refractivity contribution in [1.82, 2.24) is 5.32 Å².